The van der Waals surface area contributed by atoms with E-state index >= 15 is 0 Å². The molecular formula is C10H18S. The largest absolute Gasteiger partial charge is 0.1000 e. The van der Waals surface area contributed by atoms with Crippen molar-refractivity contribution in [2.45, 2.75) is 40.5 Å². The summed E-state index contributed by atoms with van der Waals surface area (Å²) in [5.41, 5.74) is 0. The van der Waals surface area contributed by atoms with Crippen LogP contribution in [0.4, 0.5) is 0 Å². The average Bonchev–Trinajstić information content (AvgIpc) is 2.01. The molecule has 0 saturated carbocycles. The van der Waals surface area contributed by atoms with Crippen LogP contribution in [-0.4, -0.2) is 0 Å². The van der Waals surface area contributed by atoms with E-state index in [9.17, 15) is 0 Å². The summed E-state index contributed by atoms with van der Waals surface area (Å²) in [6, 6.07) is 0. The van der Waals surface area contributed by atoms with Crippen molar-refractivity contribution in [3.63, 3.8) is 0 Å². The molecule has 0 aliphatic heterocycles. The van der Waals surface area contributed by atoms with Gasteiger partial charge in [-0.2, -0.15) is 0 Å². The first-order chi connectivity index (χ1) is 5.24. The first-order valence-electron chi connectivity index (χ1n) is 4.24. The minimum Gasteiger partial charge on any atom is -0.1000 e. The van der Waals surface area contributed by atoms with Gasteiger partial charge in [0.25, 0.3) is 0 Å². The van der Waals surface area contributed by atoms with Crippen LogP contribution in [0.5, 0.6) is 0 Å². The van der Waals surface area contributed by atoms with Crippen LogP contribution in [0, 0.1) is 0 Å². The average molecular weight is 170 g/mol. The van der Waals surface area contributed by atoms with E-state index in [-0.39, 0.29) is 0 Å². The summed E-state index contributed by atoms with van der Waals surface area (Å²) < 4.78 is 0. The lowest BCUT2D eigenvalue weighted by molar-refractivity contribution is 1.19. The standard InChI is InChI=1S/C10H18S/c1-5-8-9(4)11-10(6-2)7-3/h6,8H,5,7H2,1-4H3/b9-8+,10-6-. The lowest BCUT2D eigenvalue weighted by atomic mass is 10.4. The molecule has 0 radical (unpaired) electrons. The molecule has 0 heterocycles. The number of thioether (sulfide) groups is 1. The zero-order valence-electron chi connectivity index (χ0n) is 7.98. The quantitative estimate of drug-likeness (QED) is 0.604. The summed E-state index contributed by atoms with van der Waals surface area (Å²) in [5, 5.41) is 0. The second-order valence-corrected chi connectivity index (χ2v) is 3.81. The molecule has 0 aliphatic carbocycles. The fourth-order valence-corrected chi connectivity index (χ4v) is 1.80. The van der Waals surface area contributed by atoms with Crippen molar-refractivity contribution in [1.29, 1.82) is 0 Å². The minimum absolute atomic E-state index is 1.14. The van der Waals surface area contributed by atoms with E-state index in [4.69, 9.17) is 0 Å². The van der Waals surface area contributed by atoms with Gasteiger partial charge in [0.2, 0.25) is 0 Å². The van der Waals surface area contributed by atoms with Crippen molar-refractivity contribution >= 4 is 11.8 Å². The van der Waals surface area contributed by atoms with Gasteiger partial charge in [-0.25, -0.2) is 0 Å². The summed E-state index contributed by atoms with van der Waals surface area (Å²) in [4.78, 5) is 2.88. The van der Waals surface area contributed by atoms with Gasteiger partial charge < -0.3 is 0 Å². The van der Waals surface area contributed by atoms with E-state index in [1.165, 1.54) is 9.81 Å². The highest BCUT2D eigenvalue weighted by atomic mass is 32.2. The van der Waals surface area contributed by atoms with Crippen LogP contribution in [-0.2, 0) is 0 Å². The predicted octanol–water partition coefficient (Wildman–Crippen LogP) is 4.35. The Bertz CT molecular complexity index is 154. The molecule has 0 aromatic carbocycles. The molecule has 0 spiro atoms. The lowest BCUT2D eigenvalue weighted by Gasteiger charge is -2.02. The third-order valence-corrected chi connectivity index (χ3v) is 2.73. The van der Waals surface area contributed by atoms with Gasteiger partial charge in [-0.05, 0) is 36.5 Å². The molecule has 0 aliphatic rings. The smallest absolute Gasteiger partial charge is 0.0151 e. The van der Waals surface area contributed by atoms with Crippen LogP contribution in [0.25, 0.3) is 0 Å². The molecule has 0 saturated heterocycles. The van der Waals surface area contributed by atoms with E-state index in [0.29, 0.717) is 0 Å². The third kappa shape index (κ3) is 5.14. The van der Waals surface area contributed by atoms with Crippen LogP contribution >= 0.6 is 11.8 Å². The highest BCUT2D eigenvalue weighted by molar-refractivity contribution is 8.06. The van der Waals surface area contributed by atoms with Crippen LogP contribution in [0.2, 0.25) is 0 Å². The van der Waals surface area contributed by atoms with Crippen molar-refractivity contribution in [2.75, 3.05) is 0 Å². The van der Waals surface area contributed by atoms with Gasteiger partial charge >= 0.3 is 0 Å². The fourth-order valence-electron chi connectivity index (χ4n) is 0.871. The van der Waals surface area contributed by atoms with Crippen molar-refractivity contribution in [2.24, 2.45) is 0 Å². The molecule has 0 amide bonds. The Morgan fingerprint density at radius 1 is 1.36 bits per heavy atom. The van der Waals surface area contributed by atoms with E-state index in [2.05, 4.69) is 39.8 Å². The normalized spacial score (nSPS) is 13.8. The molecule has 0 atom stereocenters. The van der Waals surface area contributed by atoms with Gasteiger partial charge in [0.15, 0.2) is 0 Å². The van der Waals surface area contributed by atoms with Crippen molar-refractivity contribution in [3.05, 3.63) is 22.0 Å². The maximum absolute atomic E-state index is 2.27. The van der Waals surface area contributed by atoms with E-state index in [1.807, 2.05) is 11.8 Å². The van der Waals surface area contributed by atoms with Crippen molar-refractivity contribution < 1.29 is 0 Å². The highest BCUT2D eigenvalue weighted by Crippen LogP contribution is 2.26. The number of rotatable bonds is 4. The Morgan fingerprint density at radius 3 is 2.36 bits per heavy atom. The first-order valence-corrected chi connectivity index (χ1v) is 5.06. The van der Waals surface area contributed by atoms with Crippen LogP contribution in [0.1, 0.15) is 40.5 Å². The Labute approximate surface area is 74.8 Å². The van der Waals surface area contributed by atoms with Crippen molar-refractivity contribution in [1.82, 2.24) is 0 Å². The highest BCUT2D eigenvalue weighted by Gasteiger charge is 1.93. The molecule has 11 heavy (non-hydrogen) atoms. The van der Waals surface area contributed by atoms with Crippen LogP contribution in [0.3, 0.4) is 0 Å². The van der Waals surface area contributed by atoms with Gasteiger partial charge in [-0.1, -0.05) is 37.8 Å². The lowest BCUT2D eigenvalue weighted by Crippen LogP contribution is -1.73. The number of allylic oxidation sites excluding steroid dienone is 4. The van der Waals surface area contributed by atoms with Gasteiger partial charge in [0.1, 0.15) is 0 Å². The predicted molar refractivity (Wildman–Crippen MR) is 55.7 cm³/mol. The zero-order valence-corrected chi connectivity index (χ0v) is 8.79. The Hall–Kier alpha value is -0.170. The van der Waals surface area contributed by atoms with E-state index in [1.54, 1.807) is 0 Å². The molecule has 1 heteroatoms. The molecular weight excluding hydrogens is 152 g/mol. The van der Waals surface area contributed by atoms with Crippen LogP contribution in [0.15, 0.2) is 22.0 Å². The summed E-state index contributed by atoms with van der Waals surface area (Å²) >= 11 is 1.89. The second-order valence-electron chi connectivity index (χ2n) is 2.43. The van der Waals surface area contributed by atoms with E-state index in [0.717, 1.165) is 12.8 Å². The maximum Gasteiger partial charge on any atom is -0.0151 e. The number of hydrogen-bond donors (Lipinski definition) is 0. The fraction of sp³-hybridized carbons (Fsp3) is 0.600. The Balaban J connectivity index is 3.92. The van der Waals surface area contributed by atoms with E-state index < -0.39 is 0 Å². The van der Waals surface area contributed by atoms with Gasteiger partial charge in [0.05, 0.1) is 0 Å². The third-order valence-electron chi connectivity index (χ3n) is 1.45. The second kappa shape index (κ2) is 6.53. The molecule has 0 fully saturated rings. The SMILES string of the molecule is C/C=C(/CC)S/C(C)=C/CC. The van der Waals surface area contributed by atoms with Gasteiger partial charge in [0, 0.05) is 0 Å². The molecule has 64 valence electrons. The molecule has 0 rings (SSSR count). The summed E-state index contributed by atoms with van der Waals surface area (Å²) in [7, 11) is 0. The molecule has 0 nitrogen and oxygen atoms in total. The number of hydrogen-bond acceptors (Lipinski definition) is 1. The van der Waals surface area contributed by atoms with Crippen LogP contribution < -0.4 is 0 Å². The Morgan fingerprint density at radius 2 is 2.00 bits per heavy atom. The monoisotopic (exact) mass is 170 g/mol. The zero-order chi connectivity index (χ0) is 8.69. The topological polar surface area (TPSA) is 0 Å². The molecule has 0 aromatic heterocycles. The summed E-state index contributed by atoms with van der Waals surface area (Å²) in [6.45, 7) is 8.64. The Kier molecular flexibility index (Phi) is 6.43. The first kappa shape index (κ1) is 10.8. The molecule has 0 N–H and O–H groups in total. The minimum atomic E-state index is 1.14. The summed E-state index contributed by atoms with van der Waals surface area (Å²) in [5.74, 6) is 0. The molecule has 0 aromatic rings. The van der Waals surface area contributed by atoms with Crippen molar-refractivity contribution in [3.8, 4) is 0 Å². The maximum atomic E-state index is 2.27. The molecule has 0 bridgehead atoms. The van der Waals surface area contributed by atoms with Gasteiger partial charge in [-0.15, -0.1) is 0 Å². The summed E-state index contributed by atoms with van der Waals surface area (Å²) in [6.07, 6.45) is 6.75. The molecule has 0 unspecified atom stereocenters. The van der Waals surface area contributed by atoms with Gasteiger partial charge in [-0.3, -0.25) is 0 Å².